The first kappa shape index (κ1) is 13.6. The normalized spacial score (nSPS) is 15.3. The van der Waals surface area contributed by atoms with Gasteiger partial charge >= 0.3 is 5.97 Å². The van der Waals surface area contributed by atoms with E-state index < -0.39 is 0 Å². The molecule has 0 aliphatic carbocycles. The van der Waals surface area contributed by atoms with E-state index in [1.54, 1.807) is 4.90 Å². The summed E-state index contributed by atoms with van der Waals surface area (Å²) < 4.78 is 4.65. The highest BCUT2D eigenvalue weighted by Crippen LogP contribution is 2.21. The summed E-state index contributed by atoms with van der Waals surface area (Å²) in [5.74, 6) is 0.0374. The topological polar surface area (TPSA) is 46.6 Å². The average Bonchev–Trinajstić information content (AvgIpc) is 2.36. The van der Waals surface area contributed by atoms with Crippen molar-refractivity contribution >= 4 is 11.9 Å². The third-order valence-electron chi connectivity index (χ3n) is 3.53. The molecule has 0 N–H and O–H groups in total. The van der Waals surface area contributed by atoms with E-state index >= 15 is 0 Å². The van der Waals surface area contributed by atoms with E-state index in [9.17, 15) is 9.59 Å². The zero-order valence-electron chi connectivity index (χ0n) is 11.6. The molecule has 1 saturated heterocycles. The summed E-state index contributed by atoms with van der Waals surface area (Å²) in [4.78, 5) is 25.1. The molecule has 1 fully saturated rings. The Morgan fingerprint density at radius 2 is 1.79 bits per heavy atom. The van der Waals surface area contributed by atoms with Crippen molar-refractivity contribution in [2.24, 2.45) is 5.92 Å². The first-order valence-electron chi connectivity index (χ1n) is 6.50. The molecule has 19 heavy (non-hydrogen) atoms. The maximum atomic E-state index is 12.1. The second kappa shape index (κ2) is 5.43. The van der Waals surface area contributed by atoms with Crippen LogP contribution in [0.15, 0.2) is 24.3 Å². The molecule has 0 unspecified atom stereocenters. The van der Waals surface area contributed by atoms with E-state index in [0.29, 0.717) is 24.6 Å². The van der Waals surface area contributed by atoms with E-state index in [0.717, 1.165) is 0 Å². The third-order valence-corrected chi connectivity index (χ3v) is 3.53. The summed E-state index contributed by atoms with van der Waals surface area (Å²) in [6.07, 6.45) is 0. The predicted molar refractivity (Wildman–Crippen MR) is 71.9 cm³/mol. The molecule has 1 aromatic rings. The van der Waals surface area contributed by atoms with Gasteiger partial charge in [0.25, 0.3) is 5.91 Å². The Hall–Kier alpha value is -1.84. The molecule has 0 saturated carbocycles. The smallest absolute Gasteiger partial charge is 0.312 e. The fourth-order valence-corrected chi connectivity index (χ4v) is 2.15. The van der Waals surface area contributed by atoms with Crippen molar-refractivity contribution in [3.05, 3.63) is 35.4 Å². The number of carbonyl (C=O) groups excluding carboxylic acids is 2. The van der Waals surface area contributed by atoms with Gasteiger partial charge in [-0.05, 0) is 23.6 Å². The van der Waals surface area contributed by atoms with Crippen molar-refractivity contribution < 1.29 is 14.3 Å². The fourth-order valence-electron chi connectivity index (χ4n) is 2.15. The highest BCUT2D eigenvalue weighted by molar-refractivity contribution is 5.95. The largest absolute Gasteiger partial charge is 0.469 e. The van der Waals surface area contributed by atoms with Gasteiger partial charge in [0.1, 0.15) is 0 Å². The summed E-state index contributed by atoms with van der Waals surface area (Å²) in [6.45, 7) is 5.15. The standard InChI is InChI=1S/C15H19NO3/c1-10(2)11-4-6-12(7-5-11)14(17)16-8-13(9-16)15(18)19-3/h4-7,10,13H,8-9H2,1-3H3. The van der Waals surface area contributed by atoms with Crippen LogP contribution in [0.5, 0.6) is 0 Å². The van der Waals surface area contributed by atoms with Crippen molar-refractivity contribution in [2.45, 2.75) is 19.8 Å². The molecule has 4 heteroatoms. The molecule has 1 heterocycles. The highest BCUT2D eigenvalue weighted by Gasteiger charge is 2.36. The fraction of sp³-hybridized carbons (Fsp3) is 0.467. The van der Waals surface area contributed by atoms with Crippen LogP contribution in [0.25, 0.3) is 0 Å². The zero-order valence-corrected chi connectivity index (χ0v) is 11.6. The summed E-state index contributed by atoms with van der Waals surface area (Å²) in [5.41, 5.74) is 1.89. The number of rotatable bonds is 3. The molecule has 0 atom stereocenters. The number of esters is 1. The first-order valence-corrected chi connectivity index (χ1v) is 6.50. The molecule has 102 valence electrons. The minimum atomic E-state index is -0.237. The van der Waals surface area contributed by atoms with Gasteiger partial charge in [-0.2, -0.15) is 0 Å². The van der Waals surface area contributed by atoms with Crippen molar-refractivity contribution in [2.75, 3.05) is 20.2 Å². The number of hydrogen-bond acceptors (Lipinski definition) is 3. The molecule has 0 radical (unpaired) electrons. The van der Waals surface area contributed by atoms with Crippen molar-refractivity contribution in [3.63, 3.8) is 0 Å². The van der Waals surface area contributed by atoms with Gasteiger partial charge < -0.3 is 9.64 Å². The monoisotopic (exact) mass is 261 g/mol. The van der Waals surface area contributed by atoms with E-state index in [1.807, 2.05) is 24.3 Å². The van der Waals surface area contributed by atoms with E-state index in [1.165, 1.54) is 12.7 Å². The van der Waals surface area contributed by atoms with Crippen LogP contribution in [0.1, 0.15) is 35.7 Å². The van der Waals surface area contributed by atoms with E-state index in [2.05, 4.69) is 18.6 Å². The Bertz CT molecular complexity index is 473. The Balaban J connectivity index is 1.96. The van der Waals surface area contributed by atoms with Gasteiger partial charge in [-0.3, -0.25) is 9.59 Å². The van der Waals surface area contributed by atoms with Crippen LogP contribution < -0.4 is 0 Å². The highest BCUT2D eigenvalue weighted by atomic mass is 16.5. The summed E-state index contributed by atoms with van der Waals surface area (Å²) in [6, 6.07) is 7.66. The van der Waals surface area contributed by atoms with Crippen molar-refractivity contribution in [1.29, 1.82) is 0 Å². The third kappa shape index (κ3) is 2.78. The van der Waals surface area contributed by atoms with Crippen LogP contribution in [-0.4, -0.2) is 37.0 Å². The Labute approximate surface area is 113 Å². The summed E-state index contributed by atoms with van der Waals surface area (Å²) in [7, 11) is 1.37. The number of hydrogen-bond donors (Lipinski definition) is 0. The van der Waals surface area contributed by atoms with Gasteiger partial charge in [0, 0.05) is 18.7 Å². The van der Waals surface area contributed by atoms with Crippen LogP contribution in [-0.2, 0) is 9.53 Å². The van der Waals surface area contributed by atoms with Crippen LogP contribution in [0.2, 0.25) is 0 Å². The molecule has 1 aromatic carbocycles. The lowest BCUT2D eigenvalue weighted by Gasteiger charge is -2.37. The predicted octanol–water partition coefficient (Wildman–Crippen LogP) is 2.05. The van der Waals surface area contributed by atoms with E-state index in [4.69, 9.17) is 0 Å². The summed E-state index contributed by atoms with van der Waals surface area (Å²) >= 11 is 0. The van der Waals surface area contributed by atoms with Crippen LogP contribution in [0.4, 0.5) is 0 Å². The number of likely N-dealkylation sites (tertiary alicyclic amines) is 1. The molecular formula is C15H19NO3. The molecule has 2 rings (SSSR count). The molecule has 0 aromatic heterocycles. The van der Waals surface area contributed by atoms with Crippen molar-refractivity contribution in [3.8, 4) is 0 Å². The summed E-state index contributed by atoms with van der Waals surface area (Å²) in [5, 5.41) is 0. The number of carbonyl (C=O) groups is 2. The van der Waals surface area contributed by atoms with Gasteiger partial charge in [-0.15, -0.1) is 0 Å². The lowest BCUT2D eigenvalue weighted by molar-refractivity contribution is -0.149. The number of nitrogens with zero attached hydrogens (tertiary/aromatic N) is 1. The number of methoxy groups -OCH3 is 1. The SMILES string of the molecule is COC(=O)C1CN(C(=O)c2ccc(C(C)C)cc2)C1. The second-order valence-corrected chi connectivity index (χ2v) is 5.21. The van der Waals surface area contributed by atoms with Gasteiger partial charge in [-0.1, -0.05) is 26.0 Å². The minimum absolute atomic E-state index is 0.0181. The lowest BCUT2D eigenvalue weighted by Crippen LogP contribution is -2.53. The molecule has 4 nitrogen and oxygen atoms in total. The minimum Gasteiger partial charge on any atom is -0.469 e. The second-order valence-electron chi connectivity index (χ2n) is 5.21. The van der Waals surface area contributed by atoms with Crippen LogP contribution >= 0.6 is 0 Å². The quantitative estimate of drug-likeness (QED) is 0.782. The number of benzene rings is 1. The van der Waals surface area contributed by atoms with Gasteiger partial charge in [0.2, 0.25) is 0 Å². The van der Waals surface area contributed by atoms with E-state index in [-0.39, 0.29) is 17.8 Å². The Morgan fingerprint density at radius 1 is 1.21 bits per heavy atom. The zero-order chi connectivity index (χ0) is 14.0. The molecule has 1 aliphatic heterocycles. The molecule has 0 bridgehead atoms. The van der Waals surface area contributed by atoms with Gasteiger partial charge in [-0.25, -0.2) is 0 Å². The maximum absolute atomic E-state index is 12.1. The van der Waals surface area contributed by atoms with Crippen LogP contribution in [0.3, 0.4) is 0 Å². The maximum Gasteiger partial charge on any atom is 0.312 e. The first-order chi connectivity index (χ1) is 9.02. The van der Waals surface area contributed by atoms with Crippen molar-refractivity contribution in [1.82, 2.24) is 4.90 Å². The Morgan fingerprint density at radius 3 is 2.26 bits per heavy atom. The van der Waals surface area contributed by atoms with Gasteiger partial charge in [0.15, 0.2) is 0 Å². The molecule has 1 aliphatic rings. The Kier molecular flexibility index (Phi) is 3.88. The lowest BCUT2D eigenvalue weighted by atomic mass is 9.97. The molecule has 1 amide bonds. The molecule has 0 spiro atoms. The van der Waals surface area contributed by atoms with Gasteiger partial charge in [0.05, 0.1) is 13.0 Å². The number of ether oxygens (including phenoxy) is 1. The average molecular weight is 261 g/mol. The van der Waals surface area contributed by atoms with Crippen LogP contribution in [0, 0.1) is 5.92 Å². The molecular weight excluding hydrogens is 242 g/mol. The number of amides is 1.